The molecule has 0 aliphatic rings. The molecule has 1 aromatic heterocycles. The number of carbonyl (C=O) groups excluding carboxylic acids is 1. The topological polar surface area (TPSA) is 105 Å². The fraction of sp³-hybridized carbons (Fsp3) is 0.105. The lowest BCUT2D eigenvalue weighted by molar-refractivity contribution is -0.137. The van der Waals surface area contributed by atoms with E-state index in [0.717, 1.165) is 17.7 Å². The van der Waals surface area contributed by atoms with Crippen molar-refractivity contribution < 1.29 is 18.0 Å². The Morgan fingerprint density at radius 3 is 2.28 bits per heavy atom. The first-order valence-electron chi connectivity index (χ1n) is 8.46. The highest BCUT2D eigenvalue weighted by Crippen LogP contribution is 2.31. The Morgan fingerprint density at radius 2 is 1.62 bits per heavy atom. The molecule has 0 aliphatic heterocycles. The Kier molecular flexibility index (Phi) is 5.82. The summed E-state index contributed by atoms with van der Waals surface area (Å²) in [6.45, 7) is 0. The second-order valence-electron chi connectivity index (χ2n) is 6.02. The third-order valence-corrected chi connectivity index (χ3v) is 3.89. The molecular weight excluding hydrogens is 385 g/mol. The smallest absolute Gasteiger partial charge is 0.393 e. The van der Waals surface area contributed by atoms with Gasteiger partial charge < -0.3 is 11.1 Å². The number of nitrogens with one attached hydrogen (secondary N) is 3. The van der Waals surface area contributed by atoms with Gasteiger partial charge in [0.05, 0.1) is 12.0 Å². The van der Waals surface area contributed by atoms with Crippen LogP contribution in [0, 0.1) is 0 Å². The first-order valence-corrected chi connectivity index (χ1v) is 8.46. The van der Waals surface area contributed by atoms with E-state index in [9.17, 15) is 18.0 Å². The van der Waals surface area contributed by atoms with Crippen molar-refractivity contribution in [1.82, 2.24) is 15.4 Å². The Hall–Kier alpha value is -3.82. The minimum absolute atomic E-state index is 0.0902. The minimum Gasteiger partial charge on any atom is -0.393 e. The number of halogens is 3. The number of anilines is 4. The molecule has 0 atom stereocenters. The van der Waals surface area contributed by atoms with E-state index in [1.165, 1.54) is 18.5 Å². The number of alkyl halides is 3. The average molecular weight is 402 g/mol. The van der Waals surface area contributed by atoms with E-state index in [1.54, 1.807) is 0 Å². The number of benzene rings is 2. The molecule has 29 heavy (non-hydrogen) atoms. The predicted molar refractivity (Wildman–Crippen MR) is 103 cm³/mol. The zero-order valence-electron chi connectivity index (χ0n) is 15.0. The summed E-state index contributed by atoms with van der Waals surface area (Å²) in [4.78, 5) is 20.0. The highest BCUT2D eigenvalue weighted by atomic mass is 19.4. The second kappa shape index (κ2) is 8.46. The molecule has 7 nitrogen and oxygen atoms in total. The van der Waals surface area contributed by atoms with Crippen molar-refractivity contribution >= 4 is 28.9 Å². The lowest BCUT2D eigenvalue weighted by Gasteiger charge is -2.14. The highest BCUT2D eigenvalue weighted by Gasteiger charge is 2.29. The maximum absolute atomic E-state index is 12.6. The van der Waals surface area contributed by atoms with Crippen LogP contribution in [0.15, 0.2) is 60.9 Å². The summed E-state index contributed by atoms with van der Waals surface area (Å²) in [6.07, 6.45) is -3.05. The van der Waals surface area contributed by atoms with E-state index in [1.807, 2.05) is 30.3 Å². The van der Waals surface area contributed by atoms with E-state index in [2.05, 4.69) is 26.1 Å². The third-order valence-electron chi connectivity index (χ3n) is 3.89. The SMILES string of the molecule is Nc1c(NNC(=O)Cc2ccccc2)ncnc1Nc1ccc(C(F)(F)F)cc1. The number of hydrogen-bond acceptors (Lipinski definition) is 6. The molecule has 0 saturated heterocycles. The number of nitrogens with zero attached hydrogens (tertiary/aromatic N) is 2. The van der Waals surface area contributed by atoms with E-state index in [4.69, 9.17) is 5.73 Å². The number of nitrogen functional groups attached to an aromatic ring is 1. The maximum Gasteiger partial charge on any atom is 0.416 e. The maximum atomic E-state index is 12.6. The van der Waals surface area contributed by atoms with Gasteiger partial charge in [0.1, 0.15) is 12.0 Å². The zero-order valence-corrected chi connectivity index (χ0v) is 15.0. The molecule has 1 heterocycles. The molecule has 0 fully saturated rings. The molecule has 3 rings (SSSR count). The van der Waals surface area contributed by atoms with Crippen molar-refractivity contribution in [2.75, 3.05) is 16.5 Å². The van der Waals surface area contributed by atoms with Crippen LogP contribution in [0.1, 0.15) is 11.1 Å². The number of rotatable bonds is 6. The summed E-state index contributed by atoms with van der Waals surface area (Å²) in [6, 6.07) is 13.6. The van der Waals surface area contributed by atoms with Crippen LogP contribution in [0.25, 0.3) is 0 Å². The predicted octanol–water partition coefficient (Wildman–Crippen LogP) is 3.51. The lowest BCUT2D eigenvalue weighted by atomic mass is 10.1. The molecule has 0 bridgehead atoms. The van der Waals surface area contributed by atoms with Crippen LogP contribution in [0.5, 0.6) is 0 Å². The van der Waals surface area contributed by atoms with E-state index in [0.29, 0.717) is 5.69 Å². The molecule has 10 heteroatoms. The van der Waals surface area contributed by atoms with Gasteiger partial charge in [0, 0.05) is 5.69 Å². The average Bonchev–Trinajstić information content (AvgIpc) is 2.69. The quantitative estimate of drug-likeness (QED) is 0.471. The summed E-state index contributed by atoms with van der Waals surface area (Å²) >= 11 is 0. The number of hydrazine groups is 1. The summed E-state index contributed by atoms with van der Waals surface area (Å²) in [5.41, 5.74) is 11.6. The van der Waals surface area contributed by atoms with Gasteiger partial charge >= 0.3 is 6.18 Å². The molecule has 0 radical (unpaired) electrons. The molecule has 3 aromatic rings. The standard InChI is InChI=1S/C19H17F3N6O/c20-19(21,22)13-6-8-14(9-7-13)26-17-16(23)18(25-11-24-17)28-27-15(29)10-12-4-2-1-3-5-12/h1-9,11H,10,23H2,(H,27,29)(H2,24,25,26,28). The van der Waals surface area contributed by atoms with Crippen molar-refractivity contribution in [3.63, 3.8) is 0 Å². The van der Waals surface area contributed by atoms with Gasteiger partial charge in [-0.25, -0.2) is 9.97 Å². The summed E-state index contributed by atoms with van der Waals surface area (Å²) in [5, 5.41) is 2.82. The molecule has 150 valence electrons. The van der Waals surface area contributed by atoms with Crippen LogP contribution in [0.2, 0.25) is 0 Å². The van der Waals surface area contributed by atoms with Gasteiger partial charge in [-0.15, -0.1) is 0 Å². The molecule has 0 spiro atoms. The van der Waals surface area contributed by atoms with Crippen LogP contribution in [-0.4, -0.2) is 15.9 Å². The monoisotopic (exact) mass is 402 g/mol. The van der Waals surface area contributed by atoms with Gasteiger partial charge in [0.25, 0.3) is 0 Å². The fourth-order valence-electron chi connectivity index (χ4n) is 2.43. The van der Waals surface area contributed by atoms with Gasteiger partial charge in [-0.05, 0) is 29.8 Å². The lowest BCUT2D eigenvalue weighted by Crippen LogP contribution is -2.31. The molecule has 0 saturated carbocycles. The van der Waals surface area contributed by atoms with Crippen molar-refractivity contribution in [3.05, 3.63) is 72.1 Å². The number of hydrogen-bond donors (Lipinski definition) is 4. The van der Waals surface area contributed by atoms with E-state index in [-0.39, 0.29) is 29.7 Å². The Balaban J connectivity index is 1.64. The van der Waals surface area contributed by atoms with Gasteiger partial charge in [-0.2, -0.15) is 13.2 Å². The molecule has 0 aliphatic carbocycles. The normalized spacial score (nSPS) is 11.0. The van der Waals surface area contributed by atoms with Gasteiger partial charge in [-0.1, -0.05) is 30.3 Å². The highest BCUT2D eigenvalue weighted by molar-refractivity contribution is 5.82. The van der Waals surface area contributed by atoms with E-state index >= 15 is 0 Å². The number of amides is 1. The van der Waals surface area contributed by atoms with Gasteiger partial charge in [0.2, 0.25) is 5.91 Å². The van der Waals surface area contributed by atoms with Crippen molar-refractivity contribution in [3.8, 4) is 0 Å². The second-order valence-corrected chi connectivity index (χ2v) is 6.02. The molecule has 1 amide bonds. The van der Waals surface area contributed by atoms with Crippen LogP contribution in [0.4, 0.5) is 36.2 Å². The number of aromatic nitrogens is 2. The summed E-state index contributed by atoms with van der Waals surface area (Å²) in [7, 11) is 0. The third kappa shape index (κ3) is 5.34. The molecule has 2 aromatic carbocycles. The van der Waals surface area contributed by atoms with Crippen LogP contribution in [-0.2, 0) is 17.4 Å². The Bertz CT molecular complexity index is 977. The summed E-state index contributed by atoms with van der Waals surface area (Å²) in [5.74, 6) is 0.0295. The first kappa shape index (κ1) is 19.9. The molecule has 0 unspecified atom stereocenters. The molecule has 5 N–H and O–H groups in total. The fourth-order valence-corrected chi connectivity index (χ4v) is 2.43. The zero-order chi connectivity index (χ0) is 20.9. The van der Waals surface area contributed by atoms with Crippen LogP contribution < -0.4 is 21.9 Å². The van der Waals surface area contributed by atoms with Crippen LogP contribution >= 0.6 is 0 Å². The van der Waals surface area contributed by atoms with Gasteiger partial charge in [0.15, 0.2) is 11.6 Å². The van der Waals surface area contributed by atoms with Crippen molar-refractivity contribution in [1.29, 1.82) is 0 Å². The number of nitrogens with two attached hydrogens (primary N) is 1. The molecular formula is C19H17F3N6O. The Labute approximate surface area is 164 Å². The Morgan fingerprint density at radius 1 is 0.966 bits per heavy atom. The van der Waals surface area contributed by atoms with Crippen molar-refractivity contribution in [2.24, 2.45) is 0 Å². The minimum atomic E-state index is -4.42. The van der Waals surface area contributed by atoms with E-state index < -0.39 is 11.7 Å². The number of carbonyl (C=O) groups is 1. The van der Waals surface area contributed by atoms with Crippen molar-refractivity contribution in [2.45, 2.75) is 12.6 Å². The first-order chi connectivity index (χ1) is 13.8. The van der Waals surface area contributed by atoms with Crippen LogP contribution in [0.3, 0.4) is 0 Å². The largest absolute Gasteiger partial charge is 0.416 e. The van der Waals surface area contributed by atoms with Gasteiger partial charge in [-0.3, -0.25) is 15.6 Å². The summed E-state index contributed by atoms with van der Waals surface area (Å²) < 4.78 is 37.9.